The zero-order chi connectivity index (χ0) is 12.9. The standard InChI is InChI=1S/C12H16F3NS/c1-3-16-8-9-5-6-11(17-4-2)10(7-9)12(13,14)15/h5-7,16H,3-4,8H2,1-2H3. The van der Waals surface area contributed by atoms with Crippen LogP contribution in [0.3, 0.4) is 0 Å². The number of benzene rings is 1. The summed E-state index contributed by atoms with van der Waals surface area (Å²) in [7, 11) is 0. The molecule has 0 saturated heterocycles. The van der Waals surface area contributed by atoms with Gasteiger partial charge < -0.3 is 5.32 Å². The number of hydrogen-bond donors (Lipinski definition) is 1. The summed E-state index contributed by atoms with van der Waals surface area (Å²) in [4.78, 5) is 0.306. The van der Waals surface area contributed by atoms with Gasteiger partial charge in [0.1, 0.15) is 0 Å². The fraction of sp³-hybridized carbons (Fsp3) is 0.500. The fourth-order valence-electron chi connectivity index (χ4n) is 1.46. The predicted molar refractivity (Wildman–Crippen MR) is 65.2 cm³/mol. The monoisotopic (exact) mass is 263 g/mol. The van der Waals surface area contributed by atoms with Crippen molar-refractivity contribution in [2.75, 3.05) is 12.3 Å². The van der Waals surface area contributed by atoms with Gasteiger partial charge in [-0.3, -0.25) is 0 Å². The molecule has 0 amide bonds. The van der Waals surface area contributed by atoms with Crippen molar-refractivity contribution in [3.63, 3.8) is 0 Å². The van der Waals surface area contributed by atoms with Crippen LogP contribution in [0.1, 0.15) is 25.0 Å². The third-order valence-corrected chi connectivity index (χ3v) is 3.18. The topological polar surface area (TPSA) is 12.0 Å². The smallest absolute Gasteiger partial charge is 0.313 e. The van der Waals surface area contributed by atoms with E-state index in [1.165, 1.54) is 17.8 Å². The molecule has 5 heteroatoms. The highest BCUT2D eigenvalue weighted by Crippen LogP contribution is 2.37. The second-order valence-electron chi connectivity index (χ2n) is 3.54. The maximum atomic E-state index is 12.8. The molecule has 1 nitrogen and oxygen atoms in total. The summed E-state index contributed by atoms with van der Waals surface area (Å²) in [5.74, 6) is 0.635. The first-order valence-corrected chi connectivity index (χ1v) is 6.51. The molecule has 0 radical (unpaired) electrons. The van der Waals surface area contributed by atoms with E-state index < -0.39 is 11.7 Å². The van der Waals surface area contributed by atoms with Crippen molar-refractivity contribution in [2.24, 2.45) is 0 Å². The first-order chi connectivity index (χ1) is 7.99. The number of nitrogens with one attached hydrogen (secondary N) is 1. The van der Waals surface area contributed by atoms with E-state index in [1.54, 1.807) is 12.1 Å². The van der Waals surface area contributed by atoms with Gasteiger partial charge in [-0.2, -0.15) is 13.2 Å². The minimum Gasteiger partial charge on any atom is -0.313 e. The van der Waals surface area contributed by atoms with Gasteiger partial charge in [0.15, 0.2) is 0 Å². The molecule has 1 rings (SSSR count). The lowest BCUT2D eigenvalue weighted by molar-refractivity contribution is -0.139. The third-order valence-electron chi connectivity index (χ3n) is 2.23. The van der Waals surface area contributed by atoms with E-state index in [0.29, 0.717) is 22.8 Å². The summed E-state index contributed by atoms with van der Waals surface area (Å²) in [5, 5.41) is 3.02. The second-order valence-corrected chi connectivity index (χ2v) is 4.85. The Labute approximate surface area is 104 Å². The Balaban J connectivity index is 3.01. The van der Waals surface area contributed by atoms with Crippen molar-refractivity contribution in [1.29, 1.82) is 0 Å². The van der Waals surface area contributed by atoms with E-state index in [0.717, 1.165) is 6.54 Å². The van der Waals surface area contributed by atoms with Gasteiger partial charge in [-0.05, 0) is 30.0 Å². The van der Waals surface area contributed by atoms with Gasteiger partial charge in [0.05, 0.1) is 5.56 Å². The summed E-state index contributed by atoms with van der Waals surface area (Å²) < 4.78 is 38.5. The molecule has 0 saturated carbocycles. The van der Waals surface area contributed by atoms with Crippen LogP contribution in [0.4, 0.5) is 13.2 Å². The lowest BCUT2D eigenvalue weighted by Gasteiger charge is -2.14. The summed E-state index contributed by atoms with van der Waals surface area (Å²) in [6.07, 6.45) is -4.28. The molecule has 0 unspecified atom stereocenters. The van der Waals surface area contributed by atoms with E-state index in [-0.39, 0.29) is 0 Å². The van der Waals surface area contributed by atoms with Crippen molar-refractivity contribution in [3.8, 4) is 0 Å². The molecule has 0 heterocycles. The van der Waals surface area contributed by atoms with Crippen LogP contribution in [0.2, 0.25) is 0 Å². The molecular weight excluding hydrogens is 247 g/mol. The first kappa shape index (κ1) is 14.4. The molecule has 1 aromatic rings. The molecule has 0 bridgehead atoms. The van der Waals surface area contributed by atoms with Crippen LogP contribution < -0.4 is 5.32 Å². The molecule has 17 heavy (non-hydrogen) atoms. The van der Waals surface area contributed by atoms with E-state index in [9.17, 15) is 13.2 Å². The van der Waals surface area contributed by atoms with E-state index in [2.05, 4.69) is 5.32 Å². The van der Waals surface area contributed by atoms with Gasteiger partial charge in [-0.1, -0.05) is 19.9 Å². The SMILES string of the molecule is CCNCc1ccc(SCC)c(C(F)(F)F)c1. The maximum Gasteiger partial charge on any atom is 0.417 e. The van der Waals surface area contributed by atoms with Gasteiger partial charge in [-0.15, -0.1) is 11.8 Å². The zero-order valence-electron chi connectivity index (χ0n) is 9.90. The van der Waals surface area contributed by atoms with Crippen LogP contribution in [0.25, 0.3) is 0 Å². The van der Waals surface area contributed by atoms with Crippen molar-refractivity contribution < 1.29 is 13.2 Å². The largest absolute Gasteiger partial charge is 0.417 e. The lowest BCUT2D eigenvalue weighted by Crippen LogP contribution is -2.13. The molecule has 0 aliphatic heterocycles. The zero-order valence-corrected chi connectivity index (χ0v) is 10.7. The molecule has 1 N–H and O–H groups in total. The molecule has 96 valence electrons. The lowest BCUT2D eigenvalue weighted by atomic mass is 10.1. The van der Waals surface area contributed by atoms with Crippen LogP contribution in [0, 0.1) is 0 Å². The quantitative estimate of drug-likeness (QED) is 0.808. The van der Waals surface area contributed by atoms with Crippen molar-refractivity contribution in [1.82, 2.24) is 5.32 Å². The molecule has 0 aliphatic rings. The molecule has 0 aliphatic carbocycles. The van der Waals surface area contributed by atoms with E-state index in [4.69, 9.17) is 0 Å². The molecule has 0 atom stereocenters. The minimum atomic E-state index is -4.28. The summed E-state index contributed by atoms with van der Waals surface area (Å²) in [5.41, 5.74) is 0.138. The van der Waals surface area contributed by atoms with Crippen LogP contribution in [0.15, 0.2) is 23.1 Å². The van der Waals surface area contributed by atoms with Crippen LogP contribution in [0.5, 0.6) is 0 Å². The average molecular weight is 263 g/mol. The van der Waals surface area contributed by atoms with E-state index >= 15 is 0 Å². The molecule has 0 aromatic heterocycles. The highest BCUT2D eigenvalue weighted by Gasteiger charge is 2.33. The Morgan fingerprint density at radius 3 is 2.47 bits per heavy atom. The minimum absolute atomic E-state index is 0.306. The van der Waals surface area contributed by atoms with Gasteiger partial charge in [-0.25, -0.2) is 0 Å². The number of thioether (sulfide) groups is 1. The van der Waals surface area contributed by atoms with Crippen molar-refractivity contribution in [3.05, 3.63) is 29.3 Å². The van der Waals surface area contributed by atoms with Crippen LogP contribution in [-0.2, 0) is 12.7 Å². The highest BCUT2D eigenvalue weighted by molar-refractivity contribution is 7.99. The number of alkyl halides is 3. The van der Waals surface area contributed by atoms with Gasteiger partial charge in [0.2, 0.25) is 0 Å². The van der Waals surface area contributed by atoms with Crippen LogP contribution in [-0.4, -0.2) is 12.3 Å². The van der Waals surface area contributed by atoms with Crippen molar-refractivity contribution >= 4 is 11.8 Å². The van der Waals surface area contributed by atoms with Crippen molar-refractivity contribution in [2.45, 2.75) is 31.5 Å². The molecule has 0 fully saturated rings. The fourth-order valence-corrected chi connectivity index (χ4v) is 2.26. The average Bonchev–Trinajstić information content (AvgIpc) is 2.26. The molecule has 0 spiro atoms. The number of halogens is 3. The van der Waals surface area contributed by atoms with Gasteiger partial charge in [0.25, 0.3) is 0 Å². The third kappa shape index (κ3) is 4.24. The highest BCUT2D eigenvalue weighted by atomic mass is 32.2. The Hall–Kier alpha value is -0.680. The molecule has 1 aromatic carbocycles. The summed E-state index contributed by atoms with van der Waals surface area (Å²) in [6.45, 7) is 4.98. The summed E-state index contributed by atoms with van der Waals surface area (Å²) >= 11 is 1.22. The Morgan fingerprint density at radius 2 is 1.94 bits per heavy atom. The van der Waals surface area contributed by atoms with Gasteiger partial charge in [0, 0.05) is 11.4 Å². The first-order valence-electron chi connectivity index (χ1n) is 5.52. The Morgan fingerprint density at radius 1 is 1.24 bits per heavy atom. The number of hydrogen-bond acceptors (Lipinski definition) is 2. The summed E-state index contributed by atoms with van der Waals surface area (Å²) in [6, 6.07) is 4.54. The Bertz CT molecular complexity index is 363. The maximum absolute atomic E-state index is 12.8. The Kier molecular flexibility index (Phi) is 5.33. The predicted octanol–water partition coefficient (Wildman–Crippen LogP) is 3.93. The van der Waals surface area contributed by atoms with Crippen LogP contribution >= 0.6 is 11.8 Å². The molecular formula is C12H16F3NS. The van der Waals surface area contributed by atoms with Gasteiger partial charge >= 0.3 is 6.18 Å². The van der Waals surface area contributed by atoms with E-state index in [1.807, 2.05) is 13.8 Å². The number of rotatable bonds is 5. The second kappa shape index (κ2) is 6.31. The normalized spacial score (nSPS) is 11.8.